The normalized spacial score (nSPS) is 17.5. The number of allylic oxidation sites excluding steroid dienone is 5. The van der Waals surface area contributed by atoms with Crippen molar-refractivity contribution in [2.75, 3.05) is 0 Å². The first kappa shape index (κ1) is 28.5. The third-order valence-electron chi connectivity index (χ3n) is 9.92. The van der Waals surface area contributed by atoms with E-state index in [0.717, 1.165) is 72.1 Å². The van der Waals surface area contributed by atoms with Crippen molar-refractivity contribution in [1.82, 2.24) is 15.0 Å². The van der Waals surface area contributed by atoms with Crippen LogP contribution in [0.25, 0.3) is 44.8 Å². The van der Waals surface area contributed by atoms with Gasteiger partial charge in [-0.15, -0.1) is 0 Å². The summed E-state index contributed by atoms with van der Waals surface area (Å²) in [5.74, 6) is 2.15. The topological polar surface area (TPSA) is 51.0 Å². The van der Waals surface area contributed by atoms with Crippen molar-refractivity contribution in [3.8, 4) is 22.8 Å². The molecule has 0 bridgehead atoms. The number of hydrogen-bond acceptors (Lipinski definition) is 4. The number of benzene rings is 4. The van der Waals surface area contributed by atoms with Gasteiger partial charge in [0.1, 0.15) is 0 Å². The number of nitrogens with zero attached hydrogens (tertiary/aromatic N) is 4. The second kappa shape index (κ2) is 12.4. The van der Waals surface area contributed by atoms with Crippen molar-refractivity contribution >= 4 is 28.3 Å². The second-order valence-electron chi connectivity index (χ2n) is 12.7. The predicted octanol–water partition coefficient (Wildman–Crippen LogP) is 10.5. The Balaban J connectivity index is 1.19. The Bertz CT molecular complexity index is 2000. The van der Waals surface area contributed by atoms with Crippen molar-refractivity contribution < 1.29 is 0 Å². The molecule has 0 N–H and O–H groups in total. The van der Waals surface area contributed by atoms with Gasteiger partial charge in [0, 0.05) is 28.3 Å². The minimum atomic E-state index is 0.00953. The first-order valence-corrected chi connectivity index (χ1v) is 16.8. The van der Waals surface area contributed by atoms with E-state index in [9.17, 15) is 0 Å². The average molecular weight is 599 g/mol. The highest BCUT2D eigenvalue weighted by Crippen LogP contribution is 2.45. The summed E-state index contributed by atoms with van der Waals surface area (Å²) in [6, 6.07) is 33.1. The molecule has 4 aromatic carbocycles. The quantitative estimate of drug-likeness (QED) is 0.195. The zero-order chi connectivity index (χ0) is 30.8. The van der Waals surface area contributed by atoms with Gasteiger partial charge in [0.25, 0.3) is 0 Å². The molecule has 0 saturated heterocycles. The van der Waals surface area contributed by atoms with Crippen LogP contribution in [-0.2, 0) is 5.41 Å². The van der Waals surface area contributed by atoms with E-state index < -0.39 is 0 Å². The first-order valence-electron chi connectivity index (χ1n) is 16.8. The van der Waals surface area contributed by atoms with Crippen LogP contribution in [0.15, 0.2) is 120 Å². The summed E-state index contributed by atoms with van der Waals surface area (Å²) in [5, 5.41) is 2.33. The summed E-state index contributed by atoms with van der Waals surface area (Å²) in [6.07, 6.45) is 21.1. The zero-order valence-electron chi connectivity index (χ0n) is 26.2. The van der Waals surface area contributed by atoms with Gasteiger partial charge in [-0.1, -0.05) is 135 Å². The van der Waals surface area contributed by atoms with Gasteiger partial charge in [0.05, 0.1) is 5.70 Å². The van der Waals surface area contributed by atoms with Crippen LogP contribution >= 0.6 is 0 Å². The highest BCUT2D eigenvalue weighted by atomic mass is 15.0. The molecule has 0 radical (unpaired) electrons. The van der Waals surface area contributed by atoms with E-state index in [1.54, 1.807) is 0 Å². The Hall–Kier alpha value is -4.96. The fourth-order valence-corrected chi connectivity index (χ4v) is 7.45. The van der Waals surface area contributed by atoms with Crippen LogP contribution < -0.4 is 0 Å². The fourth-order valence-electron chi connectivity index (χ4n) is 7.45. The molecule has 0 spiro atoms. The van der Waals surface area contributed by atoms with Crippen molar-refractivity contribution in [2.45, 2.75) is 63.2 Å². The van der Waals surface area contributed by atoms with Crippen LogP contribution in [0.1, 0.15) is 80.3 Å². The van der Waals surface area contributed by atoms with Crippen LogP contribution in [0.2, 0.25) is 0 Å². The average Bonchev–Trinajstić information content (AvgIpc) is 3.15. The Labute approximate surface area is 271 Å². The predicted molar refractivity (Wildman–Crippen MR) is 191 cm³/mol. The van der Waals surface area contributed by atoms with Gasteiger partial charge in [0.2, 0.25) is 0 Å². The Kier molecular flexibility index (Phi) is 7.71. The lowest BCUT2D eigenvalue weighted by Crippen LogP contribution is -2.30. The Morgan fingerprint density at radius 2 is 1.24 bits per heavy atom. The standard InChI is InChI=1S/C42H38N4/c1-3-13-32(14-4-1)39-44-40(46-41(45-39)37-17-11-15-30-12-5-6-16-36(30)37)33-21-25-35(26-22-33)42(27-8-2-9-28-42)34-23-19-31(20-24-34)38-18-7-10-29-43-38/h3,5-6,11-26,29H,1-2,4,7-10,27-28H2. The summed E-state index contributed by atoms with van der Waals surface area (Å²) in [5.41, 5.74) is 8.19. The SMILES string of the molecule is C1=CC(c2nc(-c3ccc(C4(c5ccc(C6=CCCC=N6)cc5)CCCCC4)cc3)nc(-c3cccc4ccccc34)n2)=CCC1. The van der Waals surface area contributed by atoms with Crippen LogP contribution in [0.5, 0.6) is 0 Å². The molecule has 2 heterocycles. The van der Waals surface area contributed by atoms with E-state index in [4.69, 9.17) is 15.0 Å². The van der Waals surface area contributed by atoms with Crippen molar-refractivity contribution in [1.29, 1.82) is 0 Å². The smallest absolute Gasteiger partial charge is 0.164 e. The summed E-state index contributed by atoms with van der Waals surface area (Å²) in [4.78, 5) is 19.8. The maximum Gasteiger partial charge on any atom is 0.164 e. The lowest BCUT2D eigenvalue weighted by Gasteiger charge is -2.39. The monoisotopic (exact) mass is 598 g/mol. The van der Waals surface area contributed by atoms with E-state index >= 15 is 0 Å². The zero-order valence-corrected chi connectivity index (χ0v) is 26.2. The van der Waals surface area contributed by atoms with Crippen LogP contribution in [-0.4, -0.2) is 21.2 Å². The van der Waals surface area contributed by atoms with Crippen LogP contribution in [0.4, 0.5) is 0 Å². The van der Waals surface area contributed by atoms with Gasteiger partial charge >= 0.3 is 0 Å². The number of fused-ring (bicyclic) bond motifs is 1. The maximum atomic E-state index is 5.10. The molecular weight excluding hydrogens is 560 g/mol. The molecule has 1 aliphatic heterocycles. The third-order valence-corrected chi connectivity index (χ3v) is 9.92. The Morgan fingerprint density at radius 3 is 1.98 bits per heavy atom. The van der Waals surface area contributed by atoms with E-state index in [1.165, 1.54) is 41.3 Å². The van der Waals surface area contributed by atoms with E-state index in [-0.39, 0.29) is 5.41 Å². The second-order valence-corrected chi connectivity index (χ2v) is 12.7. The molecule has 226 valence electrons. The highest BCUT2D eigenvalue weighted by molar-refractivity contribution is 5.95. The lowest BCUT2D eigenvalue weighted by molar-refractivity contribution is 0.346. The Morgan fingerprint density at radius 1 is 0.543 bits per heavy atom. The molecule has 5 aromatic rings. The van der Waals surface area contributed by atoms with E-state index in [1.807, 2.05) is 6.21 Å². The molecule has 0 atom stereocenters. The van der Waals surface area contributed by atoms with Crippen molar-refractivity contribution in [2.24, 2.45) is 4.99 Å². The first-order chi connectivity index (χ1) is 22.8. The van der Waals surface area contributed by atoms with Crippen molar-refractivity contribution in [3.63, 3.8) is 0 Å². The molecule has 4 heteroatoms. The van der Waals surface area contributed by atoms with E-state index in [2.05, 4.69) is 120 Å². The minimum absolute atomic E-state index is 0.00953. The summed E-state index contributed by atoms with van der Waals surface area (Å²) >= 11 is 0. The third kappa shape index (κ3) is 5.43. The molecule has 0 amide bonds. The maximum absolute atomic E-state index is 5.10. The molecule has 4 nitrogen and oxygen atoms in total. The molecule has 46 heavy (non-hydrogen) atoms. The van der Waals surface area contributed by atoms with Crippen molar-refractivity contribution in [3.05, 3.63) is 138 Å². The molecule has 1 saturated carbocycles. The molecule has 0 unspecified atom stereocenters. The lowest BCUT2D eigenvalue weighted by atomic mass is 9.65. The number of rotatable bonds is 6. The van der Waals surface area contributed by atoms with Gasteiger partial charge in [0.15, 0.2) is 17.5 Å². The fraction of sp³-hybridized carbons (Fsp3) is 0.238. The van der Waals surface area contributed by atoms with Gasteiger partial charge in [-0.2, -0.15) is 0 Å². The molecule has 3 aliphatic rings. The number of aromatic nitrogens is 3. The van der Waals surface area contributed by atoms with Gasteiger partial charge < -0.3 is 0 Å². The summed E-state index contributed by atoms with van der Waals surface area (Å²) < 4.78 is 0. The summed E-state index contributed by atoms with van der Waals surface area (Å²) in [6.45, 7) is 0. The van der Waals surface area contributed by atoms with Gasteiger partial charge in [-0.05, 0) is 66.0 Å². The molecule has 2 aliphatic carbocycles. The number of aliphatic imine (C=N–C) groups is 1. The largest absolute Gasteiger partial charge is 0.261 e. The molecule has 8 rings (SSSR count). The van der Waals surface area contributed by atoms with Crippen LogP contribution in [0.3, 0.4) is 0 Å². The minimum Gasteiger partial charge on any atom is -0.261 e. The highest BCUT2D eigenvalue weighted by Gasteiger charge is 2.35. The number of hydrogen-bond donors (Lipinski definition) is 0. The van der Waals surface area contributed by atoms with E-state index in [0.29, 0.717) is 11.6 Å². The molecule has 1 fully saturated rings. The van der Waals surface area contributed by atoms with Gasteiger partial charge in [-0.3, -0.25) is 4.99 Å². The van der Waals surface area contributed by atoms with Gasteiger partial charge in [-0.25, -0.2) is 15.0 Å². The molecular formula is C42H38N4. The summed E-state index contributed by atoms with van der Waals surface area (Å²) in [7, 11) is 0. The molecule has 1 aromatic heterocycles. The van der Waals surface area contributed by atoms with Crippen LogP contribution in [0, 0.1) is 0 Å².